The highest BCUT2D eigenvalue weighted by molar-refractivity contribution is 5.85. The van der Waals surface area contributed by atoms with Crippen LogP contribution in [0.5, 0.6) is 47.3 Å². The number of hydrogen-bond acceptors (Lipinski definition) is 28. The molecule has 0 atom stereocenters. The molecule has 5 aromatic carbocycles. The van der Waals surface area contributed by atoms with E-state index >= 15 is 0 Å². The van der Waals surface area contributed by atoms with Crippen LogP contribution < -0.4 is 83.6 Å². The highest BCUT2D eigenvalue weighted by atomic mass is 16.5. The van der Waals surface area contributed by atoms with Crippen LogP contribution in [0.15, 0.2) is 196 Å². The number of hydrogen-bond donors (Lipinski definition) is 8. The minimum absolute atomic E-state index is 0.129. The van der Waals surface area contributed by atoms with Gasteiger partial charge in [-0.3, -0.25) is 13.7 Å². The van der Waals surface area contributed by atoms with E-state index < -0.39 is 0 Å². The van der Waals surface area contributed by atoms with Crippen LogP contribution in [0, 0.1) is 13.8 Å². The van der Waals surface area contributed by atoms with E-state index in [0.29, 0.717) is 158 Å². The number of H-pyrrole nitrogens is 3. The van der Waals surface area contributed by atoms with Gasteiger partial charge in [0.25, 0.3) is 0 Å². The molecule has 20 rings (SSSR count). The summed E-state index contributed by atoms with van der Waals surface area (Å²) in [4.78, 5) is 96.9. The molecule has 5 aliphatic heterocycles. The third-order valence-electron chi connectivity index (χ3n) is 20.1. The monoisotopic (exact) mass is 1660 g/mol. The second-order valence-corrected chi connectivity index (χ2v) is 28.9. The van der Waals surface area contributed by atoms with E-state index in [1.54, 1.807) is 0 Å². The summed E-state index contributed by atoms with van der Waals surface area (Å²) in [5, 5.41) is 0. The Morgan fingerprint density at radius 1 is 0.301 bits per heavy atom. The van der Waals surface area contributed by atoms with Crippen molar-refractivity contribution >= 4 is 84.9 Å². The van der Waals surface area contributed by atoms with E-state index in [1.807, 2.05) is 129 Å². The van der Waals surface area contributed by atoms with Gasteiger partial charge in [-0.15, -0.1) is 0 Å². The van der Waals surface area contributed by atoms with Gasteiger partial charge in [-0.25, -0.2) is 24.4 Å². The Hall–Kier alpha value is -15.7. The standard InChI is InChI=1S/C19H21N5O.C18H19N5O.2C17H17N5O3.C16H15N5O3/c1-13-21-16-17(20)22-19-23-18(16)24(13)12-15-9-6-8-14(11-15)7-4-2-3-5-10-25-19;1-12-20-15-16(19)21-18-22-17(15)23(12)11-14-8-5-7-13(10-14)6-3-2-4-9-24-18;2*18-14-13-15-21-16(20-14)25-8-3-1-2-7-24-12-6-4-5-11(9-12)10-22(15)17(23)19-13;17-13-12-14-20-15(19-13)24-7-2-1-6-23-11-5-3-4-10(8-11)9-21(14)16(22)18-12/h3,5-6,8-9,11H,2,4,7,10,12H2,1H3,(H2,20,22,23);2-3,5,7-8,10H,4,6,9,11H2,1H3,(H2,19,21,22);2*1,3-6,9H,2,7-8,10H2,(H,19,23)(H2,18,20,21);1-5,8H,6-7,9H2,(H,18,22)(H2,17,19,20)/b5-3+;3-2-;3-1+;3-1-;2-1-. The lowest BCUT2D eigenvalue weighted by atomic mass is 10.0. The van der Waals surface area contributed by atoms with Gasteiger partial charge in [0.15, 0.2) is 68.4 Å². The Morgan fingerprint density at radius 3 is 1.06 bits per heavy atom. The van der Waals surface area contributed by atoms with Crippen molar-refractivity contribution in [2.24, 2.45) is 0 Å². The first-order valence-electron chi connectivity index (χ1n) is 40.0. The van der Waals surface area contributed by atoms with Crippen LogP contribution in [-0.4, -0.2) is 150 Å². The van der Waals surface area contributed by atoms with Crippen molar-refractivity contribution in [3.63, 3.8) is 0 Å². The van der Waals surface area contributed by atoms with Crippen LogP contribution in [-0.2, 0) is 45.6 Å². The number of aryl methyl sites for hydroxylation is 3. The Labute approximate surface area is 701 Å². The lowest BCUT2D eigenvalue weighted by Crippen LogP contribution is -2.18. The first-order valence-corrected chi connectivity index (χ1v) is 40.0. The molecule has 20 bridgehead atoms. The fourth-order valence-electron chi connectivity index (χ4n) is 14.1. The lowest BCUT2D eigenvalue weighted by molar-refractivity contribution is 0.300. The number of rotatable bonds is 0. The van der Waals surface area contributed by atoms with Gasteiger partial charge in [-0.1, -0.05) is 134 Å². The molecule has 0 fully saturated rings. The summed E-state index contributed by atoms with van der Waals surface area (Å²) in [6.45, 7) is 9.72. The predicted octanol–water partition coefficient (Wildman–Crippen LogP) is 9.70. The van der Waals surface area contributed by atoms with E-state index in [1.165, 1.54) is 36.0 Å². The zero-order valence-corrected chi connectivity index (χ0v) is 67.4. The zero-order chi connectivity index (χ0) is 84.7. The third kappa shape index (κ3) is 19.7. The van der Waals surface area contributed by atoms with Crippen molar-refractivity contribution < 1.29 is 37.9 Å². The van der Waals surface area contributed by atoms with Gasteiger partial charge in [0, 0.05) is 0 Å². The number of aromatic amines is 3. The molecule has 123 heavy (non-hydrogen) atoms. The molecule has 0 amide bonds. The van der Waals surface area contributed by atoms with Crippen molar-refractivity contribution in [1.82, 2.24) is 97.6 Å². The first kappa shape index (κ1) is 81.1. The molecule has 10 aromatic heterocycles. The molecule has 0 radical (unpaired) electrons. The summed E-state index contributed by atoms with van der Waals surface area (Å²) in [6, 6.07) is 41.1. The molecule has 13 N–H and O–H groups in total. The van der Waals surface area contributed by atoms with Gasteiger partial charge in [-0.2, -0.15) is 49.8 Å². The van der Waals surface area contributed by atoms with Gasteiger partial charge in [-0.05, 0) is 146 Å². The molecular formula is C87H89N25O11. The summed E-state index contributed by atoms with van der Waals surface area (Å²) in [5.41, 5.74) is 42.0. The van der Waals surface area contributed by atoms with Gasteiger partial charge in [0.05, 0.1) is 52.5 Å². The minimum atomic E-state index is -0.304. The minimum Gasteiger partial charge on any atom is -0.493 e. The molecular weight excluding hydrogens is 1570 g/mol. The number of nitrogens with zero attached hydrogens (tertiary/aromatic N) is 17. The molecule has 628 valence electrons. The maximum atomic E-state index is 12.3. The van der Waals surface area contributed by atoms with Gasteiger partial charge in [0.2, 0.25) is 0 Å². The quantitative estimate of drug-likeness (QED) is 0.0654. The van der Waals surface area contributed by atoms with E-state index in [2.05, 4.69) is 151 Å². The molecule has 0 saturated carbocycles. The SMILES string of the molecule is Cc1nc2c(N)nc3nc2n1Cc1cccc(c1)C/C=C\CCO3.Cc1nc2c(N)nc3nc2n1Cc1cccc(c1)CCC/C=C/CO3.Nc1nc2nc3c1[nH]c(=O)n3Cc1cccc(c1)OC/C=C\CO2.Nc1nc2nc3c1[nH]c(=O)n3Cc1cccc(c1)OCC/C=C/CO2.Nc1nc2nc3c1[nH]c(=O)n3Cc1cccc(c1)OCC/C=C\CO2. The van der Waals surface area contributed by atoms with Crippen LogP contribution in [0.4, 0.5) is 29.1 Å². The number of benzene rings is 5. The largest absolute Gasteiger partial charge is 0.493 e. The molecule has 36 heteroatoms. The summed E-state index contributed by atoms with van der Waals surface area (Å²) in [5.74, 6) is 5.24. The first-order chi connectivity index (χ1) is 60.0. The number of imidazole rings is 5. The molecule has 36 nitrogen and oxygen atoms in total. The fraction of sp³-hybridized carbons (Fsp3) is 0.253. The summed E-state index contributed by atoms with van der Waals surface area (Å²) in [7, 11) is 0. The molecule has 0 spiro atoms. The Balaban J connectivity index is 0.000000114. The second-order valence-electron chi connectivity index (χ2n) is 28.9. The van der Waals surface area contributed by atoms with E-state index in [9.17, 15) is 14.4 Å². The van der Waals surface area contributed by atoms with Crippen LogP contribution in [0.2, 0.25) is 0 Å². The van der Waals surface area contributed by atoms with Crippen LogP contribution in [0.1, 0.15) is 82.7 Å². The van der Waals surface area contributed by atoms with Crippen molar-refractivity contribution in [2.75, 3.05) is 81.5 Å². The number of nitrogens with two attached hydrogens (primary N) is 5. The van der Waals surface area contributed by atoms with Gasteiger partial charge in [0.1, 0.15) is 78.5 Å². The summed E-state index contributed by atoms with van der Waals surface area (Å²) < 4.78 is 53.6. The van der Waals surface area contributed by atoms with E-state index in [4.69, 9.17) is 66.6 Å². The Morgan fingerprint density at radius 2 is 0.618 bits per heavy atom. The number of nitrogen functional groups attached to an aromatic ring is 5. The number of aromatic nitrogens is 20. The second kappa shape index (κ2) is 37.5. The molecule has 0 saturated heterocycles. The normalized spacial score (nSPS) is 15.9. The van der Waals surface area contributed by atoms with Crippen molar-refractivity contribution in [1.29, 1.82) is 0 Å². The maximum Gasteiger partial charge on any atom is 0.328 e. The number of allylic oxidation sites excluding steroid dienone is 2. The average molecular weight is 1660 g/mol. The smallest absolute Gasteiger partial charge is 0.328 e. The van der Waals surface area contributed by atoms with Gasteiger partial charge < -0.3 is 90.6 Å². The third-order valence-corrected chi connectivity index (χ3v) is 20.1. The number of nitrogens with one attached hydrogen (secondary N) is 3. The van der Waals surface area contributed by atoms with Crippen LogP contribution >= 0.6 is 0 Å². The summed E-state index contributed by atoms with van der Waals surface area (Å²) >= 11 is 0. The van der Waals surface area contributed by atoms with Crippen molar-refractivity contribution in [2.45, 2.75) is 91.5 Å². The predicted molar refractivity (Wildman–Crippen MR) is 465 cm³/mol. The molecule has 0 unspecified atom stereocenters. The van der Waals surface area contributed by atoms with Gasteiger partial charge >= 0.3 is 47.1 Å². The lowest BCUT2D eigenvalue weighted by Gasteiger charge is -2.10. The maximum absolute atomic E-state index is 12.3. The van der Waals surface area contributed by atoms with Crippen molar-refractivity contribution in [3.05, 3.63) is 264 Å². The molecule has 5 aliphatic rings. The Bertz CT molecular complexity index is 6560. The van der Waals surface area contributed by atoms with Crippen molar-refractivity contribution in [3.8, 4) is 47.3 Å². The van der Waals surface area contributed by atoms with Crippen LogP contribution in [0.25, 0.3) is 55.8 Å². The number of anilines is 5. The molecule has 0 aliphatic carbocycles. The highest BCUT2D eigenvalue weighted by Gasteiger charge is 2.23. The Kier molecular flexibility index (Phi) is 24.7. The zero-order valence-electron chi connectivity index (χ0n) is 67.4. The molecule has 15 heterocycles. The van der Waals surface area contributed by atoms with Crippen LogP contribution in [0.3, 0.4) is 0 Å². The van der Waals surface area contributed by atoms with E-state index in [-0.39, 0.29) is 59.2 Å². The molecule has 15 aromatic rings. The number of ether oxygens (including phenoxy) is 8. The van der Waals surface area contributed by atoms with E-state index in [0.717, 1.165) is 90.5 Å². The topological polar surface area (TPSA) is 482 Å². The fourth-order valence-corrected chi connectivity index (χ4v) is 14.1. The summed E-state index contributed by atoms with van der Waals surface area (Å²) in [6.07, 6.45) is 26.2. The highest BCUT2D eigenvalue weighted by Crippen LogP contribution is 2.29. The number of fused-ring (bicyclic) bond motifs is 15. The average Bonchev–Trinajstić information content (AvgIpc) is 1.66.